The van der Waals surface area contributed by atoms with Crippen molar-refractivity contribution in [2.24, 2.45) is 0 Å². The third-order valence-electron chi connectivity index (χ3n) is 4.96. The Labute approximate surface area is 152 Å². The zero-order chi connectivity index (χ0) is 18.1. The fourth-order valence-electron chi connectivity index (χ4n) is 3.72. The number of nitrogens with one attached hydrogen (secondary N) is 1. The van der Waals surface area contributed by atoms with Crippen molar-refractivity contribution in [3.05, 3.63) is 83.9 Å². The molecule has 0 unspecified atom stereocenters. The van der Waals surface area contributed by atoms with Crippen molar-refractivity contribution < 1.29 is 9.56 Å². The molecule has 26 heavy (non-hydrogen) atoms. The normalized spacial score (nSPS) is 14.5. The Morgan fingerprint density at radius 3 is 2.04 bits per heavy atom. The van der Waals surface area contributed by atoms with Crippen LogP contribution in [0.3, 0.4) is 0 Å². The van der Waals surface area contributed by atoms with E-state index >= 15 is 0 Å². The van der Waals surface area contributed by atoms with Crippen molar-refractivity contribution in [3.8, 4) is 11.8 Å². The summed E-state index contributed by atoms with van der Waals surface area (Å²) in [5.41, 5.74) is 10.9. The molecule has 0 amide bonds. The molecule has 4 nitrogen and oxygen atoms in total. The van der Waals surface area contributed by atoms with Gasteiger partial charge in [-0.25, -0.2) is 0 Å². The van der Waals surface area contributed by atoms with Crippen molar-refractivity contribution in [2.45, 2.75) is 6.92 Å². The first-order valence-electron chi connectivity index (χ1n) is 8.55. The Kier molecular flexibility index (Phi) is 3.74. The summed E-state index contributed by atoms with van der Waals surface area (Å²) in [6.45, 7) is 0.274. The lowest BCUT2D eigenvalue weighted by Gasteiger charge is -2.38. The van der Waals surface area contributed by atoms with Crippen molar-refractivity contribution in [1.82, 2.24) is 0 Å². The molecule has 4 rings (SSSR count). The minimum Gasteiger partial charge on any atom is -0.651 e. The van der Waals surface area contributed by atoms with Gasteiger partial charge < -0.3 is 15.3 Å². The quantitative estimate of drug-likeness (QED) is 0.533. The van der Waals surface area contributed by atoms with Crippen LogP contribution in [0.15, 0.2) is 72.8 Å². The molecule has 3 aromatic rings. The molecule has 0 atom stereocenters. The maximum atomic E-state index is 9.27. The monoisotopic (exact) mass is 339 g/mol. The lowest BCUT2D eigenvalue weighted by Crippen LogP contribution is -3.03. The summed E-state index contributed by atoms with van der Waals surface area (Å²) in [7, 11) is 0. The highest BCUT2D eigenvalue weighted by Crippen LogP contribution is 2.30. The van der Waals surface area contributed by atoms with E-state index in [1.54, 1.807) is 6.07 Å². The van der Waals surface area contributed by atoms with Gasteiger partial charge in [-0.3, -0.25) is 0 Å². The van der Waals surface area contributed by atoms with Gasteiger partial charge in [-0.2, -0.15) is 5.26 Å². The molecule has 0 aliphatic carbocycles. The first-order chi connectivity index (χ1) is 12.7. The second kappa shape index (κ2) is 6.09. The smallest absolute Gasteiger partial charge is 0.506 e. The zero-order valence-electron chi connectivity index (χ0n) is 14.4. The second-order valence-electron chi connectivity index (χ2n) is 6.51. The number of fused-ring (bicyclic) bond motifs is 1. The molecule has 0 saturated heterocycles. The van der Waals surface area contributed by atoms with Gasteiger partial charge in [0.1, 0.15) is 11.8 Å². The van der Waals surface area contributed by atoms with Crippen molar-refractivity contribution >= 4 is 28.8 Å². The molecule has 0 aromatic heterocycles. The van der Waals surface area contributed by atoms with E-state index in [4.69, 9.17) is 10.4 Å². The van der Waals surface area contributed by atoms with E-state index in [0.29, 0.717) is 17.0 Å². The van der Waals surface area contributed by atoms with E-state index in [0.717, 1.165) is 22.2 Å². The molecular weight excluding hydrogens is 321 g/mol. The molecule has 1 aliphatic heterocycles. The van der Waals surface area contributed by atoms with Crippen LogP contribution in [-0.4, -0.2) is 12.2 Å². The molecule has 0 fully saturated rings. The number of nitrogens with zero attached hydrogens (tertiary/aromatic N) is 1. The van der Waals surface area contributed by atoms with E-state index in [1.165, 1.54) is 0 Å². The Hall–Kier alpha value is -3.52. The molecule has 3 aromatic carbocycles. The summed E-state index contributed by atoms with van der Waals surface area (Å²) in [4.78, 5) is 3.58. The van der Waals surface area contributed by atoms with Crippen LogP contribution in [0.5, 0.6) is 5.75 Å². The maximum absolute atomic E-state index is 9.27. The number of benzene rings is 3. The standard InChI is InChI=1S/C21H18BN3O/c1-15-20-19(13-12-16(14-23)21(20)24)26-22(25-15,17-8-4-2-5-9-17)18-10-6-3-7-11-18/h2-13,25H,24H2,1H3. The molecule has 126 valence electrons. The lowest BCUT2D eigenvalue weighted by molar-refractivity contribution is -0.319. The first kappa shape index (κ1) is 16.0. The number of hydrogen-bond acceptors (Lipinski definition) is 3. The Balaban J connectivity index is 1.99. The van der Waals surface area contributed by atoms with Gasteiger partial charge in [0.05, 0.1) is 22.6 Å². The topological polar surface area (TPSA) is 73.0 Å². The number of nitriles is 1. The molecule has 0 saturated carbocycles. The van der Waals surface area contributed by atoms with E-state index in [2.05, 4.69) is 35.2 Å². The number of nitrogen functional groups attached to an aromatic ring is 1. The fourth-order valence-corrected chi connectivity index (χ4v) is 3.72. The van der Waals surface area contributed by atoms with Gasteiger partial charge in [-0.1, -0.05) is 71.6 Å². The predicted octanol–water partition coefficient (Wildman–Crippen LogP) is 0.679. The summed E-state index contributed by atoms with van der Waals surface area (Å²) >= 11 is 0. The van der Waals surface area contributed by atoms with E-state index in [1.807, 2.05) is 49.4 Å². The highest BCUT2D eigenvalue weighted by molar-refractivity contribution is 6.91. The van der Waals surface area contributed by atoms with Gasteiger partial charge in [-0.15, -0.1) is 0 Å². The first-order valence-corrected chi connectivity index (χ1v) is 8.55. The number of nitrogens with two attached hydrogens (primary N) is 1. The van der Waals surface area contributed by atoms with Crippen LogP contribution in [0.25, 0.3) is 0 Å². The number of hydrogen-bond donors (Lipinski definition) is 2. The van der Waals surface area contributed by atoms with E-state index in [-0.39, 0.29) is 0 Å². The van der Waals surface area contributed by atoms with Crippen LogP contribution in [0.2, 0.25) is 0 Å². The van der Waals surface area contributed by atoms with E-state index in [9.17, 15) is 5.26 Å². The Bertz CT molecular complexity index is 1000. The molecule has 5 heteroatoms. The molecule has 0 bridgehead atoms. The van der Waals surface area contributed by atoms with Crippen LogP contribution in [0.1, 0.15) is 18.1 Å². The largest absolute Gasteiger partial charge is 0.651 e. The zero-order valence-corrected chi connectivity index (χ0v) is 14.4. The van der Waals surface area contributed by atoms with Gasteiger partial charge in [0, 0.05) is 6.92 Å². The Morgan fingerprint density at radius 2 is 1.50 bits per heavy atom. The number of anilines is 1. The van der Waals surface area contributed by atoms with E-state index < -0.39 is 6.48 Å². The van der Waals surface area contributed by atoms with Gasteiger partial charge in [-0.05, 0) is 12.1 Å². The van der Waals surface area contributed by atoms with Gasteiger partial charge >= 0.3 is 6.48 Å². The van der Waals surface area contributed by atoms with Gasteiger partial charge in [0.15, 0.2) is 0 Å². The van der Waals surface area contributed by atoms with Crippen molar-refractivity contribution in [1.29, 1.82) is 5.26 Å². The summed E-state index contributed by atoms with van der Waals surface area (Å²) < 4.78 is 6.58. The van der Waals surface area contributed by atoms with Gasteiger partial charge in [0.25, 0.3) is 0 Å². The third-order valence-corrected chi connectivity index (χ3v) is 4.96. The highest BCUT2D eigenvalue weighted by atomic mass is 16.5. The summed E-state index contributed by atoms with van der Waals surface area (Å²) in [5, 5.41) is 9.27. The Morgan fingerprint density at radius 1 is 0.923 bits per heavy atom. The summed E-state index contributed by atoms with van der Waals surface area (Å²) in [6, 6.07) is 25.9. The lowest BCUT2D eigenvalue weighted by atomic mass is 9.42. The SMILES string of the molecule is CC1=[NH+][B-](c2ccccc2)(c2ccccc2)Oc2ccc(C#N)c(N)c21. The highest BCUT2D eigenvalue weighted by Gasteiger charge is 2.44. The molecular formula is C21H18BN3O. The number of rotatable bonds is 2. The van der Waals surface area contributed by atoms with Crippen molar-refractivity contribution in [2.75, 3.05) is 5.73 Å². The second-order valence-corrected chi connectivity index (χ2v) is 6.51. The fraction of sp³-hybridized carbons (Fsp3) is 0.0476. The average molecular weight is 339 g/mol. The minimum absolute atomic E-state index is 0.445. The minimum atomic E-state index is -1.70. The predicted molar refractivity (Wildman–Crippen MR) is 105 cm³/mol. The molecule has 3 N–H and O–H groups in total. The summed E-state index contributed by atoms with van der Waals surface area (Å²) in [6.07, 6.45) is 0. The summed E-state index contributed by atoms with van der Waals surface area (Å²) in [5.74, 6) is 0.686. The molecule has 0 spiro atoms. The van der Waals surface area contributed by atoms with Crippen molar-refractivity contribution in [3.63, 3.8) is 0 Å². The van der Waals surface area contributed by atoms with Crippen LogP contribution >= 0.6 is 0 Å². The maximum Gasteiger partial charge on any atom is 0.506 e. The average Bonchev–Trinajstić information content (AvgIpc) is 2.69. The molecule has 1 heterocycles. The van der Waals surface area contributed by atoms with Crippen LogP contribution in [0.4, 0.5) is 5.69 Å². The van der Waals surface area contributed by atoms with Crippen LogP contribution in [-0.2, 0) is 0 Å². The van der Waals surface area contributed by atoms with Crippen LogP contribution in [0, 0.1) is 11.3 Å². The molecule has 1 aliphatic rings. The van der Waals surface area contributed by atoms with Crippen LogP contribution < -0.4 is 26.2 Å². The third kappa shape index (κ3) is 2.35. The molecule has 0 radical (unpaired) electrons. The van der Waals surface area contributed by atoms with Gasteiger partial charge in [0.2, 0.25) is 0 Å².